The van der Waals surface area contributed by atoms with E-state index >= 15 is 0 Å². The van der Waals surface area contributed by atoms with Crippen molar-refractivity contribution in [3.8, 4) is 5.75 Å². The number of hydrogen-bond acceptors (Lipinski definition) is 4. The Hall–Kier alpha value is -1.95. The largest absolute Gasteiger partial charge is 0.497 e. The zero-order chi connectivity index (χ0) is 18.4. The molecular weight excluding hydrogens is 397 g/mol. The van der Waals surface area contributed by atoms with Gasteiger partial charge in [0.25, 0.3) is 5.91 Å². The van der Waals surface area contributed by atoms with E-state index in [1.54, 1.807) is 31.4 Å². The van der Waals surface area contributed by atoms with Crippen LogP contribution in [0.15, 0.2) is 48.5 Å². The number of piperidine rings is 1. The van der Waals surface area contributed by atoms with Gasteiger partial charge in [-0.2, -0.15) is 0 Å². The van der Waals surface area contributed by atoms with E-state index in [0.717, 1.165) is 18.8 Å². The minimum absolute atomic E-state index is 0. The number of nitrogens with two attached hydrogens (primary N) is 1. The number of rotatable bonds is 6. The molecule has 1 saturated heterocycles. The van der Waals surface area contributed by atoms with Gasteiger partial charge in [0.1, 0.15) is 5.75 Å². The van der Waals surface area contributed by atoms with Gasteiger partial charge in [0, 0.05) is 17.8 Å². The molecule has 0 aliphatic carbocycles. The van der Waals surface area contributed by atoms with Gasteiger partial charge in [0.2, 0.25) is 0 Å². The molecule has 5 nitrogen and oxygen atoms in total. The zero-order valence-electron chi connectivity index (χ0n) is 16.1. The van der Waals surface area contributed by atoms with Crippen LogP contribution in [0.4, 0.5) is 5.69 Å². The summed E-state index contributed by atoms with van der Waals surface area (Å²) in [5.74, 6) is 0.753. The van der Waals surface area contributed by atoms with Crippen LogP contribution in [-0.4, -0.2) is 37.6 Å². The molecule has 1 aliphatic heterocycles. The summed E-state index contributed by atoms with van der Waals surface area (Å²) in [6.07, 6.45) is 3.69. The van der Waals surface area contributed by atoms with Crippen molar-refractivity contribution in [1.29, 1.82) is 0 Å². The van der Waals surface area contributed by atoms with Crippen LogP contribution in [0.25, 0.3) is 0 Å². The molecule has 0 aromatic heterocycles. The topological polar surface area (TPSA) is 67.6 Å². The van der Waals surface area contributed by atoms with Crippen molar-refractivity contribution in [2.24, 2.45) is 0 Å². The standard InChI is InChI=1S/C21H27N3O2.2ClH/c1-26-19-10-8-16(9-11-19)20(24-12-3-2-4-13-24)15-23-21(25)17-6-5-7-18(22)14-17;;/h5-11,14,20H,2-4,12-13,15,22H2,1H3,(H,23,25);2*1H. The Morgan fingerprint density at radius 1 is 1.11 bits per heavy atom. The van der Waals surface area contributed by atoms with Crippen molar-refractivity contribution in [3.63, 3.8) is 0 Å². The smallest absolute Gasteiger partial charge is 0.251 e. The maximum Gasteiger partial charge on any atom is 0.251 e. The number of anilines is 1. The average molecular weight is 426 g/mol. The van der Waals surface area contributed by atoms with E-state index in [0.29, 0.717) is 17.8 Å². The molecule has 28 heavy (non-hydrogen) atoms. The summed E-state index contributed by atoms with van der Waals surface area (Å²) in [7, 11) is 1.67. The molecule has 2 aromatic rings. The molecule has 1 amide bonds. The summed E-state index contributed by atoms with van der Waals surface area (Å²) < 4.78 is 5.27. The van der Waals surface area contributed by atoms with Gasteiger partial charge in [-0.05, 0) is 61.8 Å². The summed E-state index contributed by atoms with van der Waals surface area (Å²) in [5, 5.41) is 3.08. The van der Waals surface area contributed by atoms with Crippen LogP contribution in [0.5, 0.6) is 5.75 Å². The lowest BCUT2D eigenvalue weighted by atomic mass is 10.0. The summed E-state index contributed by atoms with van der Waals surface area (Å²) in [6, 6.07) is 15.4. The van der Waals surface area contributed by atoms with Gasteiger partial charge in [0.05, 0.1) is 13.2 Å². The first-order valence-corrected chi connectivity index (χ1v) is 9.19. The molecule has 1 fully saturated rings. The number of carbonyl (C=O) groups is 1. The number of halogens is 2. The molecule has 2 aromatic carbocycles. The number of carbonyl (C=O) groups excluding carboxylic acids is 1. The first kappa shape index (κ1) is 24.1. The highest BCUT2D eigenvalue weighted by Gasteiger charge is 2.23. The van der Waals surface area contributed by atoms with Gasteiger partial charge >= 0.3 is 0 Å². The van der Waals surface area contributed by atoms with Crippen molar-refractivity contribution >= 4 is 36.4 Å². The fourth-order valence-electron chi connectivity index (χ4n) is 3.49. The molecule has 3 rings (SSSR count). The van der Waals surface area contributed by atoms with Crippen molar-refractivity contribution in [2.45, 2.75) is 25.3 Å². The molecule has 3 N–H and O–H groups in total. The molecule has 0 radical (unpaired) electrons. The third kappa shape index (κ3) is 6.30. The number of benzene rings is 2. The highest BCUT2D eigenvalue weighted by Crippen LogP contribution is 2.26. The minimum atomic E-state index is -0.0900. The Kier molecular flexibility index (Phi) is 10.1. The second-order valence-electron chi connectivity index (χ2n) is 6.72. The Morgan fingerprint density at radius 2 is 1.79 bits per heavy atom. The Labute approximate surface area is 179 Å². The van der Waals surface area contributed by atoms with Crippen LogP contribution < -0.4 is 15.8 Å². The van der Waals surface area contributed by atoms with E-state index in [2.05, 4.69) is 22.3 Å². The van der Waals surface area contributed by atoms with E-state index in [9.17, 15) is 4.79 Å². The second-order valence-corrected chi connectivity index (χ2v) is 6.72. The molecular formula is C21H29Cl2N3O2. The second kappa shape index (κ2) is 11.8. The minimum Gasteiger partial charge on any atom is -0.497 e. The molecule has 0 bridgehead atoms. The van der Waals surface area contributed by atoms with E-state index in [-0.39, 0.29) is 36.8 Å². The molecule has 1 heterocycles. The van der Waals surface area contributed by atoms with Gasteiger partial charge in [-0.3, -0.25) is 9.69 Å². The fourth-order valence-corrected chi connectivity index (χ4v) is 3.49. The summed E-state index contributed by atoms with van der Waals surface area (Å²) >= 11 is 0. The number of nitrogen functional groups attached to an aromatic ring is 1. The van der Waals surface area contributed by atoms with Crippen LogP contribution in [-0.2, 0) is 0 Å². The van der Waals surface area contributed by atoms with Crippen LogP contribution in [0.2, 0.25) is 0 Å². The molecule has 1 aliphatic rings. The molecule has 0 saturated carbocycles. The monoisotopic (exact) mass is 425 g/mol. The van der Waals surface area contributed by atoms with Crippen LogP contribution in [0, 0.1) is 0 Å². The predicted octanol–water partition coefficient (Wildman–Crippen LogP) is 4.08. The highest BCUT2D eigenvalue weighted by atomic mass is 35.5. The average Bonchev–Trinajstić information content (AvgIpc) is 2.69. The van der Waals surface area contributed by atoms with Gasteiger partial charge in [-0.15, -0.1) is 24.8 Å². The normalized spacial score (nSPS) is 14.9. The maximum absolute atomic E-state index is 12.5. The van der Waals surface area contributed by atoms with Crippen molar-refractivity contribution < 1.29 is 9.53 Å². The molecule has 1 unspecified atom stereocenters. The third-order valence-electron chi connectivity index (χ3n) is 4.94. The van der Waals surface area contributed by atoms with Crippen LogP contribution >= 0.6 is 24.8 Å². The van der Waals surface area contributed by atoms with E-state index < -0.39 is 0 Å². The van der Waals surface area contributed by atoms with Gasteiger partial charge < -0.3 is 15.8 Å². The third-order valence-corrected chi connectivity index (χ3v) is 4.94. The lowest BCUT2D eigenvalue weighted by molar-refractivity contribution is 0.0924. The molecule has 0 spiro atoms. The number of nitrogens with zero attached hydrogens (tertiary/aromatic N) is 1. The lowest BCUT2D eigenvalue weighted by Gasteiger charge is -2.35. The van der Waals surface area contributed by atoms with E-state index in [4.69, 9.17) is 10.5 Å². The van der Waals surface area contributed by atoms with Gasteiger partial charge in [-0.25, -0.2) is 0 Å². The number of hydrogen-bond donors (Lipinski definition) is 2. The molecule has 1 atom stereocenters. The SMILES string of the molecule is COc1ccc(C(CNC(=O)c2cccc(N)c2)N2CCCCC2)cc1.Cl.Cl. The quantitative estimate of drug-likeness (QED) is 0.684. The van der Waals surface area contributed by atoms with Crippen molar-refractivity contribution in [2.75, 3.05) is 32.5 Å². The molecule has 154 valence electrons. The molecule has 7 heteroatoms. The van der Waals surface area contributed by atoms with E-state index in [1.165, 1.54) is 24.8 Å². The Bertz CT molecular complexity index is 735. The highest BCUT2D eigenvalue weighted by molar-refractivity contribution is 5.95. The lowest BCUT2D eigenvalue weighted by Crippen LogP contribution is -2.40. The number of likely N-dealkylation sites (tertiary alicyclic amines) is 1. The van der Waals surface area contributed by atoms with Crippen LogP contribution in [0.1, 0.15) is 41.2 Å². The Morgan fingerprint density at radius 3 is 2.39 bits per heavy atom. The number of amides is 1. The Balaban J connectivity index is 0.00000196. The number of methoxy groups -OCH3 is 1. The summed E-state index contributed by atoms with van der Waals surface area (Å²) in [4.78, 5) is 15.0. The maximum atomic E-state index is 12.5. The van der Waals surface area contributed by atoms with Gasteiger partial charge in [-0.1, -0.05) is 24.6 Å². The fraction of sp³-hybridized carbons (Fsp3) is 0.381. The van der Waals surface area contributed by atoms with E-state index in [1.807, 2.05) is 12.1 Å². The summed E-state index contributed by atoms with van der Waals surface area (Å²) in [5.41, 5.74) is 8.17. The predicted molar refractivity (Wildman–Crippen MR) is 119 cm³/mol. The van der Waals surface area contributed by atoms with Crippen molar-refractivity contribution in [1.82, 2.24) is 10.2 Å². The number of ether oxygens (including phenoxy) is 1. The summed E-state index contributed by atoms with van der Waals surface area (Å²) in [6.45, 7) is 2.69. The zero-order valence-corrected chi connectivity index (χ0v) is 17.7. The van der Waals surface area contributed by atoms with Gasteiger partial charge in [0.15, 0.2) is 0 Å². The number of nitrogens with one attached hydrogen (secondary N) is 1. The van der Waals surface area contributed by atoms with Crippen LogP contribution in [0.3, 0.4) is 0 Å². The first-order valence-electron chi connectivity index (χ1n) is 9.19. The van der Waals surface area contributed by atoms with Crippen molar-refractivity contribution in [3.05, 3.63) is 59.7 Å². The first-order chi connectivity index (χ1) is 12.7.